The molecule has 0 unspecified atom stereocenters. The molecule has 0 saturated heterocycles. The van der Waals surface area contributed by atoms with E-state index in [1.54, 1.807) is 0 Å². The zero-order chi connectivity index (χ0) is 13.3. The van der Waals surface area contributed by atoms with Crippen LogP contribution >= 0.6 is 0 Å². The summed E-state index contributed by atoms with van der Waals surface area (Å²) in [4.78, 5) is 0. The summed E-state index contributed by atoms with van der Waals surface area (Å²) >= 11 is -1.85. The summed E-state index contributed by atoms with van der Waals surface area (Å²) in [6, 6.07) is 21.6. The molecule has 0 atom stereocenters. The first-order chi connectivity index (χ1) is 9.42. The standard InChI is InChI=1S/2C6H5.C6H9.Sb/c2*1-2-4-6-5-3-1;1-3-5-6-4-2;/h2*1-5H;3,5-6H2,1H3;. The van der Waals surface area contributed by atoms with Crippen LogP contribution in [0.4, 0.5) is 0 Å². The third-order valence-corrected chi connectivity index (χ3v) is 8.61. The second-order valence-corrected chi connectivity index (χ2v) is 9.90. The van der Waals surface area contributed by atoms with Crippen molar-refractivity contribution in [1.82, 2.24) is 0 Å². The predicted molar refractivity (Wildman–Crippen MR) is 85.2 cm³/mol. The van der Waals surface area contributed by atoms with E-state index in [-0.39, 0.29) is 0 Å². The van der Waals surface area contributed by atoms with Crippen molar-refractivity contribution >= 4 is 27.2 Å². The van der Waals surface area contributed by atoms with E-state index in [1.165, 1.54) is 19.9 Å². The molecule has 1 heteroatoms. The van der Waals surface area contributed by atoms with Crippen LogP contribution in [0.2, 0.25) is 0 Å². The summed E-state index contributed by atoms with van der Waals surface area (Å²) in [6.45, 7) is 2.22. The SMILES string of the molecule is CCCCC#[C][Sb]([c]1ccccc1)[c]1ccccc1. The number of rotatable bonds is 4. The average molecular weight is 357 g/mol. The van der Waals surface area contributed by atoms with Gasteiger partial charge >= 0.3 is 124 Å². The van der Waals surface area contributed by atoms with E-state index in [0.29, 0.717) is 0 Å². The minimum atomic E-state index is -1.85. The van der Waals surface area contributed by atoms with Gasteiger partial charge in [0, 0.05) is 0 Å². The first-order valence-corrected chi connectivity index (χ1v) is 10.6. The van der Waals surface area contributed by atoms with Crippen LogP contribution in [0.5, 0.6) is 0 Å². The van der Waals surface area contributed by atoms with E-state index in [2.05, 4.69) is 77.4 Å². The first-order valence-electron chi connectivity index (χ1n) is 6.80. The fourth-order valence-electron chi connectivity index (χ4n) is 1.83. The summed E-state index contributed by atoms with van der Waals surface area (Å²) in [5.41, 5.74) is 0. The number of hydrogen-bond acceptors (Lipinski definition) is 0. The average Bonchev–Trinajstić information content (AvgIpc) is 2.49. The van der Waals surface area contributed by atoms with Crippen LogP contribution in [0.3, 0.4) is 0 Å². The molecule has 0 nitrogen and oxygen atoms in total. The maximum absolute atomic E-state index is 3.62. The summed E-state index contributed by atoms with van der Waals surface area (Å²) in [6.07, 6.45) is 3.48. The molecule has 0 saturated carbocycles. The molecule has 2 aromatic carbocycles. The van der Waals surface area contributed by atoms with Crippen LogP contribution in [0, 0.1) is 9.79 Å². The van der Waals surface area contributed by atoms with Crippen molar-refractivity contribution in [3.63, 3.8) is 0 Å². The summed E-state index contributed by atoms with van der Waals surface area (Å²) in [5.74, 6) is 3.41. The Morgan fingerprint density at radius 1 is 0.842 bits per heavy atom. The van der Waals surface area contributed by atoms with Gasteiger partial charge in [-0.15, -0.1) is 0 Å². The molecule has 19 heavy (non-hydrogen) atoms. The number of unbranched alkanes of at least 4 members (excludes halogenated alkanes) is 2. The van der Waals surface area contributed by atoms with Crippen molar-refractivity contribution in [2.75, 3.05) is 0 Å². The molecule has 0 bridgehead atoms. The second kappa shape index (κ2) is 8.08. The second-order valence-electron chi connectivity index (χ2n) is 4.40. The molecule has 0 spiro atoms. The Morgan fingerprint density at radius 3 is 1.84 bits per heavy atom. The van der Waals surface area contributed by atoms with Crippen molar-refractivity contribution in [2.45, 2.75) is 26.2 Å². The van der Waals surface area contributed by atoms with Gasteiger partial charge in [0.25, 0.3) is 0 Å². The van der Waals surface area contributed by atoms with Gasteiger partial charge in [0.2, 0.25) is 0 Å². The molecular formula is C18H19Sb. The summed E-state index contributed by atoms with van der Waals surface area (Å²) in [5, 5.41) is 0. The van der Waals surface area contributed by atoms with Gasteiger partial charge in [0.1, 0.15) is 0 Å². The summed E-state index contributed by atoms with van der Waals surface area (Å²) < 4.78 is 6.54. The first kappa shape index (κ1) is 14.2. The zero-order valence-electron chi connectivity index (χ0n) is 11.3. The van der Waals surface area contributed by atoms with Crippen molar-refractivity contribution < 1.29 is 0 Å². The minimum absolute atomic E-state index is 1.04. The van der Waals surface area contributed by atoms with Gasteiger partial charge in [-0.3, -0.25) is 0 Å². The molecule has 0 aliphatic carbocycles. The zero-order valence-corrected chi connectivity index (χ0v) is 13.9. The predicted octanol–water partition coefficient (Wildman–Crippen LogP) is 3.03. The van der Waals surface area contributed by atoms with E-state index in [4.69, 9.17) is 0 Å². The van der Waals surface area contributed by atoms with Gasteiger partial charge in [-0.25, -0.2) is 0 Å². The van der Waals surface area contributed by atoms with Crippen LogP contribution in [0.25, 0.3) is 0 Å². The van der Waals surface area contributed by atoms with Gasteiger partial charge in [-0.05, 0) is 0 Å². The molecule has 0 aliphatic rings. The molecule has 0 radical (unpaired) electrons. The molecule has 2 rings (SSSR count). The Bertz CT molecular complexity index is 495. The van der Waals surface area contributed by atoms with Gasteiger partial charge in [0.15, 0.2) is 0 Å². The Hall–Kier alpha value is -1.18. The fraction of sp³-hybridized carbons (Fsp3) is 0.222. The molecule has 96 valence electrons. The Labute approximate surface area is 123 Å². The third kappa shape index (κ3) is 4.45. The Balaban J connectivity index is 2.26. The number of benzene rings is 2. The van der Waals surface area contributed by atoms with Gasteiger partial charge in [0.05, 0.1) is 0 Å². The van der Waals surface area contributed by atoms with E-state index < -0.39 is 20.2 Å². The summed E-state index contributed by atoms with van der Waals surface area (Å²) in [7, 11) is 0. The van der Waals surface area contributed by atoms with Crippen molar-refractivity contribution in [3.05, 3.63) is 60.7 Å². The molecule has 0 fully saturated rings. The quantitative estimate of drug-likeness (QED) is 0.448. The Morgan fingerprint density at radius 2 is 1.37 bits per heavy atom. The van der Waals surface area contributed by atoms with E-state index in [1.807, 2.05) is 0 Å². The van der Waals surface area contributed by atoms with Crippen LogP contribution in [0.1, 0.15) is 26.2 Å². The molecule has 0 heterocycles. The van der Waals surface area contributed by atoms with Crippen molar-refractivity contribution in [1.29, 1.82) is 0 Å². The van der Waals surface area contributed by atoms with E-state index >= 15 is 0 Å². The van der Waals surface area contributed by atoms with Crippen LogP contribution < -0.4 is 7.02 Å². The normalized spacial score (nSPS) is 10.0. The van der Waals surface area contributed by atoms with Gasteiger partial charge < -0.3 is 0 Å². The molecule has 0 N–H and O–H groups in total. The molecule has 0 amide bonds. The maximum atomic E-state index is 3.62. The molecule has 0 aliphatic heterocycles. The molecule has 0 aromatic heterocycles. The number of hydrogen-bond donors (Lipinski definition) is 0. The molecule has 2 aromatic rings. The van der Waals surface area contributed by atoms with Gasteiger partial charge in [-0.1, -0.05) is 0 Å². The van der Waals surface area contributed by atoms with Crippen LogP contribution in [-0.4, -0.2) is 20.2 Å². The van der Waals surface area contributed by atoms with Crippen LogP contribution in [0.15, 0.2) is 60.7 Å². The Kier molecular flexibility index (Phi) is 6.05. The third-order valence-electron chi connectivity index (χ3n) is 2.87. The van der Waals surface area contributed by atoms with Crippen molar-refractivity contribution in [3.8, 4) is 9.79 Å². The van der Waals surface area contributed by atoms with Crippen molar-refractivity contribution in [2.24, 2.45) is 0 Å². The van der Waals surface area contributed by atoms with E-state index in [9.17, 15) is 0 Å². The molecular weight excluding hydrogens is 338 g/mol. The monoisotopic (exact) mass is 356 g/mol. The van der Waals surface area contributed by atoms with E-state index in [0.717, 1.165) is 6.42 Å². The van der Waals surface area contributed by atoms with Gasteiger partial charge in [-0.2, -0.15) is 0 Å². The fourth-order valence-corrected chi connectivity index (χ4v) is 6.88. The topological polar surface area (TPSA) is 0 Å². The van der Waals surface area contributed by atoms with Crippen LogP contribution in [-0.2, 0) is 0 Å².